The molecule has 0 saturated heterocycles. The van der Waals surface area contributed by atoms with Crippen molar-refractivity contribution in [1.82, 2.24) is 19.2 Å². The Balaban J connectivity index is 2.10. The number of nitrogens with zero attached hydrogens (tertiary/aromatic N) is 4. The van der Waals surface area contributed by atoms with Gasteiger partial charge in [-0.2, -0.15) is 18.5 Å². The van der Waals surface area contributed by atoms with E-state index in [1.165, 1.54) is 20.4 Å². The fourth-order valence-corrected chi connectivity index (χ4v) is 3.79. The zero-order chi connectivity index (χ0) is 14.3. The molecule has 0 saturated carbocycles. The molecule has 3 aromatic rings. The molecule has 0 radical (unpaired) electrons. The monoisotopic (exact) mass is 313 g/mol. The summed E-state index contributed by atoms with van der Waals surface area (Å²) in [4.78, 5) is 4.63. The zero-order valence-electron chi connectivity index (χ0n) is 10.3. The van der Waals surface area contributed by atoms with Crippen LogP contribution in [0.5, 0.6) is 0 Å². The number of thiazole rings is 1. The molecular weight excluding hydrogens is 302 g/mol. The summed E-state index contributed by atoms with van der Waals surface area (Å²) in [6.45, 7) is 0. The van der Waals surface area contributed by atoms with Gasteiger partial charge in [0.2, 0.25) is 5.03 Å². The van der Waals surface area contributed by atoms with Gasteiger partial charge in [-0.15, -0.1) is 11.3 Å². The molecule has 11 heteroatoms. The molecule has 0 aliphatic heterocycles. The minimum atomic E-state index is -3.86. The Morgan fingerprint density at radius 3 is 2.85 bits per heavy atom. The molecule has 0 aliphatic rings. The molecule has 0 amide bonds. The van der Waals surface area contributed by atoms with Crippen molar-refractivity contribution in [2.45, 2.75) is 5.03 Å². The lowest BCUT2D eigenvalue weighted by Crippen LogP contribution is -2.19. The van der Waals surface area contributed by atoms with Gasteiger partial charge in [0.25, 0.3) is 10.0 Å². The number of anilines is 2. The van der Waals surface area contributed by atoms with Crippen LogP contribution in [0.25, 0.3) is 4.96 Å². The average molecular weight is 313 g/mol. The smallest absolute Gasteiger partial charge is 0.283 e. The third-order valence-corrected chi connectivity index (χ3v) is 4.70. The molecule has 0 aromatic carbocycles. The lowest BCUT2D eigenvalue weighted by atomic mass is 10.7. The zero-order valence-corrected chi connectivity index (χ0v) is 11.9. The molecule has 4 N–H and O–H groups in total. The number of nitrogens with one attached hydrogen (secondary N) is 2. The highest BCUT2D eigenvalue weighted by Gasteiger charge is 2.26. The van der Waals surface area contributed by atoms with Gasteiger partial charge in [-0.05, 0) is 0 Å². The van der Waals surface area contributed by atoms with E-state index in [0.717, 1.165) is 0 Å². The normalized spacial score (nSPS) is 11.9. The molecule has 3 rings (SSSR count). The summed E-state index contributed by atoms with van der Waals surface area (Å²) in [5.41, 5.74) is 2.30. The lowest BCUT2D eigenvalue weighted by molar-refractivity contribution is 0.596. The van der Waals surface area contributed by atoms with Gasteiger partial charge in [-0.1, -0.05) is 0 Å². The number of rotatable bonds is 4. The second-order valence-corrected chi connectivity index (χ2v) is 6.42. The first kappa shape index (κ1) is 12.9. The van der Waals surface area contributed by atoms with Crippen molar-refractivity contribution in [2.75, 3.05) is 10.1 Å². The molecule has 106 valence electrons. The van der Waals surface area contributed by atoms with E-state index in [9.17, 15) is 8.42 Å². The SMILES string of the molecule is Cn1ccc(NS(=O)(=O)c2c(NN)nc3sccn23)n1. The van der Waals surface area contributed by atoms with Gasteiger partial charge in [0.1, 0.15) is 0 Å². The first-order valence-electron chi connectivity index (χ1n) is 5.46. The molecular formula is C9H11N7O2S2. The number of hydrazine groups is 1. The number of hydrogen-bond acceptors (Lipinski definition) is 7. The maximum atomic E-state index is 12.5. The van der Waals surface area contributed by atoms with Crippen molar-refractivity contribution in [3.63, 3.8) is 0 Å². The van der Waals surface area contributed by atoms with Gasteiger partial charge in [-0.3, -0.25) is 13.8 Å². The molecule has 3 aromatic heterocycles. The number of aryl methyl sites for hydroxylation is 1. The number of hydrogen-bond donors (Lipinski definition) is 3. The summed E-state index contributed by atoms with van der Waals surface area (Å²) in [7, 11) is -2.16. The van der Waals surface area contributed by atoms with Crippen LogP contribution in [0, 0.1) is 0 Å². The number of nitrogens with two attached hydrogens (primary N) is 1. The number of imidazole rings is 1. The number of sulfonamides is 1. The standard InChI is InChI=1S/C9H11N7O2S2/c1-15-3-2-6(13-15)14-20(17,18)8-7(12-10)11-9-16(8)4-5-19-9/h2-5,12H,10H2,1H3,(H,13,14). The van der Waals surface area contributed by atoms with Crippen LogP contribution in [0.2, 0.25) is 0 Å². The van der Waals surface area contributed by atoms with Gasteiger partial charge < -0.3 is 5.43 Å². The summed E-state index contributed by atoms with van der Waals surface area (Å²) < 4.78 is 30.2. The average Bonchev–Trinajstić information content (AvgIpc) is 3.02. The van der Waals surface area contributed by atoms with Crippen LogP contribution >= 0.6 is 11.3 Å². The third kappa shape index (κ3) is 2.01. The van der Waals surface area contributed by atoms with Crippen LogP contribution in [-0.2, 0) is 17.1 Å². The molecule has 9 nitrogen and oxygen atoms in total. The van der Waals surface area contributed by atoms with Gasteiger partial charge in [0, 0.05) is 30.9 Å². The number of nitrogen functional groups attached to an aromatic ring is 1. The van der Waals surface area contributed by atoms with Crippen molar-refractivity contribution < 1.29 is 8.42 Å². The van der Waals surface area contributed by atoms with Gasteiger partial charge in [0.15, 0.2) is 16.6 Å². The van der Waals surface area contributed by atoms with Gasteiger partial charge in [0.05, 0.1) is 0 Å². The highest BCUT2D eigenvalue weighted by molar-refractivity contribution is 7.92. The molecule has 20 heavy (non-hydrogen) atoms. The molecule has 0 aliphatic carbocycles. The molecule has 0 bridgehead atoms. The summed E-state index contributed by atoms with van der Waals surface area (Å²) in [5, 5.41) is 5.66. The van der Waals surface area contributed by atoms with E-state index in [4.69, 9.17) is 5.84 Å². The van der Waals surface area contributed by atoms with Crippen molar-refractivity contribution in [3.8, 4) is 0 Å². The van der Waals surface area contributed by atoms with E-state index in [0.29, 0.717) is 4.96 Å². The van der Waals surface area contributed by atoms with E-state index >= 15 is 0 Å². The second-order valence-electron chi connectivity index (χ2n) is 3.95. The second kappa shape index (κ2) is 4.47. The largest absolute Gasteiger partial charge is 0.306 e. The Hall–Kier alpha value is -2.11. The highest BCUT2D eigenvalue weighted by Crippen LogP contribution is 2.26. The maximum Gasteiger partial charge on any atom is 0.283 e. The van der Waals surface area contributed by atoms with E-state index < -0.39 is 10.0 Å². The Morgan fingerprint density at radius 1 is 1.40 bits per heavy atom. The van der Waals surface area contributed by atoms with Crippen molar-refractivity contribution in [1.29, 1.82) is 0 Å². The molecule has 0 spiro atoms. The molecule has 3 heterocycles. The van der Waals surface area contributed by atoms with Crippen LogP contribution in [0.15, 0.2) is 28.9 Å². The molecule has 0 unspecified atom stereocenters. The van der Waals surface area contributed by atoms with Crippen LogP contribution in [-0.4, -0.2) is 27.6 Å². The summed E-state index contributed by atoms with van der Waals surface area (Å²) in [6, 6.07) is 1.55. The molecule has 0 fully saturated rings. The lowest BCUT2D eigenvalue weighted by Gasteiger charge is -2.06. The predicted molar refractivity (Wildman–Crippen MR) is 74.9 cm³/mol. The Bertz CT molecular complexity index is 860. The van der Waals surface area contributed by atoms with E-state index in [1.807, 2.05) is 0 Å². The Labute approximate surface area is 118 Å². The minimum absolute atomic E-state index is 0.0538. The topological polar surface area (TPSA) is 119 Å². The first-order chi connectivity index (χ1) is 9.51. The summed E-state index contributed by atoms with van der Waals surface area (Å²) >= 11 is 1.31. The first-order valence-corrected chi connectivity index (χ1v) is 7.82. The van der Waals surface area contributed by atoms with E-state index in [2.05, 4.69) is 20.2 Å². The fraction of sp³-hybridized carbons (Fsp3) is 0.111. The summed E-state index contributed by atoms with van der Waals surface area (Å²) in [5.74, 6) is 5.64. The van der Waals surface area contributed by atoms with E-state index in [1.54, 1.807) is 30.9 Å². The van der Waals surface area contributed by atoms with Crippen molar-refractivity contribution >= 4 is 38.0 Å². The number of fused-ring (bicyclic) bond motifs is 1. The minimum Gasteiger partial charge on any atom is -0.306 e. The summed E-state index contributed by atoms with van der Waals surface area (Å²) in [6.07, 6.45) is 3.25. The van der Waals surface area contributed by atoms with E-state index in [-0.39, 0.29) is 16.7 Å². The van der Waals surface area contributed by atoms with Crippen molar-refractivity contribution in [2.24, 2.45) is 12.9 Å². The number of aromatic nitrogens is 4. The fourth-order valence-electron chi connectivity index (χ4n) is 1.77. The highest BCUT2D eigenvalue weighted by atomic mass is 32.2. The van der Waals surface area contributed by atoms with Crippen LogP contribution in [0.1, 0.15) is 0 Å². The van der Waals surface area contributed by atoms with Crippen LogP contribution in [0.4, 0.5) is 11.6 Å². The predicted octanol–water partition coefficient (Wildman–Crippen LogP) is 0.216. The van der Waals surface area contributed by atoms with Crippen LogP contribution < -0.4 is 16.0 Å². The Morgan fingerprint density at radius 2 is 2.20 bits per heavy atom. The Kier molecular flexibility index (Phi) is 2.88. The van der Waals surface area contributed by atoms with Gasteiger partial charge >= 0.3 is 0 Å². The van der Waals surface area contributed by atoms with Gasteiger partial charge in [-0.25, -0.2) is 5.84 Å². The third-order valence-electron chi connectivity index (χ3n) is 2.56. The van der Waals surface area contributed by atoms with Crippen molar-refractivity contribution in [3.05, 3.63) is 23.8 Å². The maximum absolute atomic E-state index is 12.5. The quantitative estimate of drug-likeness (QED) is 0.468. The van der Waals surface area contributed by atoms with Crippen LogP contribution in [0.3, 0.4) is 0 Å². The molecule has 0 atom stereocenters.